The molecule has 38 heavy (non-hydrogen) atoms. The van der Waals surface area contributed by atoms with Crippen molar-refractivity contribution in [1.29, 1.82) is 0 Å². The summed E-state index contributed by atoms with van der Waals surface area (Å²) in [5.41, 5.74) is -1.27. The molecule has 1 amide bonds. The van der Waals surface area contributed by atoms with Crippen molar-refractivity contribution in [2.45, 2.75) is 19.3 Å². The fourth-order valence-corrected chi connectivity index (χ4v) is 4.09. The molecule has 1 fully saturated rings. The van der Waals surface area contributed by atoms with Crippen LogP contribution in [0.2, 0.25) is 0 Å². The van der Waals surface area contributed by atoms with Crippen LogP contribution < -0.4 is 15.6 Å². The van der Waals surface area contributed by atoms with Gasteiger partial charge < -0.3 is 4.74 Å². The Morgan fingerprint density at radius 3 is 2.71 bits per heavy atom. The van der Waals surface area contributed by atoms with E-state index in [4.69, 9.17) is 4.74 Å². The van der Waals surface area contributed by atoms with E-state index >= 15 is 0 Å². The van der Waals surface area contributed by atoms with E-state index in [2.05, 4.69) is 37.3 Å². The molecule has 0 aromatic carbocycles. The van der Waals surface area contributed by atoms with Gasteiger partial charge in [-0.05, 0) is 37.0 Å². The summed E-state index contributed by atoms with van der Waals surface area (Å²) in [5, 5.41) is 11.1. The number of carbonyl (C=O) groups is 1. The van der Waals surface area contributed by atoms with E-state index in [1.54, 1.807) is 0 Å². The molecule has 13 heteroatoms. The van der Waals surface area contributed by atoms with E-state index in [0.717, 1.165) is 54.8 Å². The number of anilines is 1. The third kappa shape index (κ3) is 5.25. The van der Waals surface area contributed by atoms with Crippen molar-refractivity contribution in [2.24, 2.45) is 5.92 Å². The molecule has 1 aliphatic carbocycles. The number of alkyl halides is 2. The normalized spacial score (nSPS) is 12.7. The predicted octanol–water partition coefficient (Wildman–Crippen LogP) is 4.25. The Balaban J connectivity index is 1.60. The summed E-state index contributed by atoms with van der Waals surface area (Å²) in [4.78, 5) is 33.4. The number of amides is 1. The van der Waals surface area contributed by atoms with Crippen LogP contribution in [0.5, 0.6) is 5.75 Å². The number of hydrogen-bond acceptors (Lipinski definition) is 8. The summed E-state index contributed by atoms with van der Waals surface area (Å²) in [5.74, 6) is 4.62. The highest BCUT2D eigenvalue weighted by Gasteiger charge is 2.23. The maximum atomic E-state index is 14.5. The Bertz CT molecular complexity index is 1660. The van der Waals surface area contributed by atoms with Gasteiger partial charge in [-0.15, -0.1) is 10.2 Å². The van der Waals surface area contributed by atoms with Crippen molar-refractivity contribution >= 4 is 22.4 Å². The average molecular weight is 539 g/mol. The monoisotopic (exact) mass is 538 g/mol. The summed E-state index contributed by atoms with van der Waals surface area (Å²) in [6, 6.07) is 5.72. The molecule has 1 saturated carbocycles. The van der Waals surface area contributed by atoms with E-state index < -0.39 is 29.5 Å². The first-order chi connectivity index (χ1) is 18.3. The number of aromatic nitrogens is 5. The van der Waals surface area contributed by atoms with E-state index in [0.29, 0.717) is 15.5 Å². The molecule has 9 nitrogen and oxygen atoms in total. The van der Waals surface area contributed by atoms with Crippen LogP contribution >= 0.6 is 11.3 Å². The summed E-state index contributed by atoms with van der Waals surface area (Å²) in [6.45, 7) is 0. The quantitative estimate of drug-likeness (QED) is 0.289. The highest BCUT2D eigenvalue weighted by atomic mass is 32.1. The number of nitrogens with one attached hydrogen (secondary N) is 1. The Kier molecular flexibility index (Phi) is 6.89. The van der Waals surface area contributed by atoms with Crippen molar-refractivity contribution in [3.05, 3.63) is 75.3 Å². The van der Waals surface area contributed by atoms with Crippen molar-refractivity contribution in [1.82, 2.24) is 24.7 Å². The predicted molar refractivity (Wildman–Crippen MR) is 132 cm³/mol. The van der Waals surface area contributed by atoms with E-state index in [1.807, 2.05) is 0 Å². The molecule has 0 radical (unpaired) electrons. The summed E-state index contributed by atoms with van der Waals surface area (Å²) >= 11 is 1.07. The number of hydrogen-bond donors (Lipinski definition) is 1. The zero-order chi connectivity index (χ0) is 26.8. The van der Waals surface area contributed by atoms with Crippen LogP contribution in [-0.4, -0.2) is 37.7 Å². The molecule has 0 spiro atoms. The molecule has 0 aliphatic heterocycles. The summed E-state index contributed by atoms with van der Waals surface area (Å²) < 4.78 is 47.5. The third-order valence-corrected chi connectivity index (χ3v) is 6.25. The molecule has 4 aromatic rings. The molecule has 4 aromatic heterocycles. The van der Waals surface area contributed by atoms with Gasteiger partial charge >= 0.3 is 0 Å². The zero-order valence-electron chi connectivity index (χ0n) is 19.6. The SMILES string of the molecule is COc1cnc(C(F)F)cc1-c1cc(-n2c(F)cccc2=O)ncc1C(=O)Nc1nnc(C#CC2CC2)s1. The molecule has 0 atom stereocenters. The van der Waals surface area contributed by atoms with Crippen LogP contribution in [0.4, 0.5) is 18.3 Å². The van der Waals surface area contributed by atoms with Gasteiger partial charge in [0.15, 0.2) is 5.01 Å². The second-order valence-corrected chi connectivity index (χ2v) is 9.11. The van der Waals surface area contributed by atoms with Gasteiger partial charge in [0, 0.05) is 29.3 Å². The highest BCUT2D eigenvalue weighted by Crippen LogP contribution is 2.35. The van der Waals surface area contributed by atoms with E-state index in [1.165, 1.54) is 19.2 Å². The van der Waals surface area contributed by atoms with E-state index in [9.17, 15) is 22.8 Å². The minimum absolute atomic E-state index is 0.0436. The van der Waals surface area contributed by atoms with E-state index in [-0.39, 0.29) is 33.4 Å². The molecule has 0 saturated heterocycles. The molecule has 192 valence electrons. The summed E-state index contributed by atoms with van der Waals surface area (Å²) in [7, 11) is 1.30. The summed E-state index contributed by atoms with van der Waals surface area (Å²) in [6.07, 6.45) is 1.38. The van der Waals surface area contributed by atoms with Crippen molar-refractivity contribution in [3.8, 4) is 34.5 Å². The maximum Gasteiger partial charge on any atom is 0.280 e. The van der Waals surface area contributed by atoms with Crippen LogP contribution in [0.15, 0.2) is 47.5 Å². The number of pyridine rings is 3. The standard InChI is InChI=1S/C25H17F3N6O3S/c1-37-18-12-29-17(23(27)28)9-15(18)14-10-20(34-19(26)3-2-4-22(34)35)30-11-16(14)24(36)31-25-33-32-21(38-25)8-7-13-5-6-13/h2-4,9-13,23H,5-6H2,1H3,(H,31,33,36). The second-order valence-electron chi connectivity index (χ2n) is 8.13. The molecule has 1 N–H and O–H groups in total. The molecular formula is C25H17F3N6O3S. The fraction of sp³-hybridized carbons (Fsp3) is 0.200. The van der Waals surface area contributed by atoms with Gasteiger partial charge in [0.2, 0.25) is 11.1 Å². The Hall–Kier alpha value is -4.57. The first-order valence-electron chi connectivity index (χ1n) is 11.2. The van der Waals surface area contributed by atoms with Gasteiger partial charge in [-0.25, -0.2) is 18.3 Å². The molecule has 0 bridgehead atoms. The number of methoxy groups -OCH3 is 1. The maximum absolute atomic E-state index is 14.5. The Morgan fingerprint density at radius 2 is 2.00 bits per heavy atom. The first-order valence-corrected chi connectivity index (χ1v) is 12.0. The second kappa shape index (κ2) is 10.4. The van der Waals surface area contributed by atoms with Gasteiger partial charge in [0.25, 0.3) is 17.9 Å². The molecule has 5 rings (SSSR count). The number of carbonyl (C=O) groups excluding carboxylic acids is 1. The minimum Gasteiger partial charge on any atom is -0.494 e. The van der Waals surface area contributed by atoms with Crippen LogP contribution in [0.3, 0.4) is 0 Å². The molecule has 4 heterocycles. The van der Waals surface area contributed by atoms with Gasteiger partial charge in [-0.1, -0.05) is 23.3 Å². The molecular weight excluding hydrogens is 521 g/mol. The Morgan fingerprint density at radius 1 is 1.18 bits per heavy atom. The lowest BCUT2D eigenvalue weighted by Crippen LogP contribution is -2.21. The fourth-order valence-electron chi connectivity index (χ4n) is 3.49. The number of halogens is 3. The van der Waals surface area contributed by atoms with Crippen molar-refractivity contribution < 1.29 is 22.7 Å². The van der Waals surface area contributed by atoms with Gasteiger partial charge in [-0.2, -0.15) is 4.39 Å². The highest BCUT2D eigenvalue weighted by molar-refractivity contribution is 7.15. The van der Waals surface area contributed by atoms with Crippen LogP contribution in [0.25, 0.3) is 16.9 Å². The number of ether oxygens (including phenoxy) is 1. The molecule has 1 aliphatic rings. The smallest absolute Gasteiger partial charge is 0.280 e. The van der Waals surface area contributed by atoms with Gasteiger partial charge in [0.1, 0.15) is 17.3 Å². The Labute approximate surface area is 217 Å². The van der Waals surface area contributed by atoms with Crippen molar-refractivity contribution in [2.75, 3.05) is 12.4 Å². The first kappa shape index (κ1) is 25.1. The third-order valence-electron chi connectivity index (χ3n) is 5.50. The zero-order valence-corrected chi connectivity index (χ0v) is 20.4. The van der Waals surface area contributed by atoms with Gasteiger partial charge in [0.05, 0.1) is 18.9 Å². The number of nitrogens with zero attached hydrogens (tertiary/aromatic N) is 5. The lowest BCUT2D eigenvalue weighted by molar-refractivity contribution is 0.102. The average Bonchev–Trinajstić information content (AvgIpc) is 3.64. The van der Waals surface area contributed by atoms with Crippen LogP contribution in [-0.2, 0) is 0 Å². The van der Waals surface area contributed by atoms with Gasteiger partial charge in [-0.3, -0.25) is 19.9 Å². The lowest BCUT2D eigenvalue weighted by Gasteiger charge is -2.15. The number of rotatable bonds is 6. The minimum atomic E-state index is -2.91. The topological polar surface area (TPSA) is 112 Å². The van der Waals surface area contributed by atoms with Crippen LogP contribution in [0, 0.1) is 23.7 Å². The molecule has 0 unspecified atom stereocenters. The lowest BCUT2D eigenvalue weighted by atomic mass is 10.00. The largest absolute Gasteiger partial charge is 0.494 e. The van der Waals surface area contributed by atoms with Crippen molar-refractivity contribution in [3.63, 3.8) is 0 Å². The van der Waals surface area contributed by atoms with Crippen LogP contribution in [0.1, 0.15) is 40.3 Å².